The molecule has 1 heterocycles. The molecule has 1 N–H and O–H groups in total. The monoisotopic (exact) mass is 419 g/mol. The summed E-state index contributed by atoms with van der Waals surface area (Å²) in [5.41, 5.74) is 1.52. The molecule has 0 fully saturated rings. The molecule has 0 aliphatic heterocycles. The zero-order valence-electron chi connectivity index (χ0n) is 14.3. The number of benzene rings is 2. The molecular formula is C20H19BrFNO3. The molecule has 0 aliphatic carbocycles. The Kier molecular flexibility index (Phi) is 6.30. The van der Waals surface area contributed by atoms with Crippen LogP contribution >= 0.6 is 15.9 Å². The third-order valence-corrected chi connectivity index (χ3v) is 4.61. The van der Waals surface area contributed by atoms with Crippen LogP contribution in [0, 0.1) is 5.82 Å². The Morgan fingerprint density at radius 3 is 2.62 bits per heavy atom. The first-order valence-electron chi connectivity index (χ1n) is 8.13. The van der Waals surface area contributed by atoms with E-state index in [4.69, 9.17) is 13.9 Å². The van der Waals surface area contributed by atoms with Crippen molar-refractivity contribution in [3.05, 3.63) is 82.0 Å². The van der Waals surface area contributed by atoms with Crippen LogP contribution in [0.25, 0.3) is 0 Å². The molecule has 0 saturated heterocycles. The summed E-state index contributed by atoms with van der Waals surface area (Å²) in [6.45, 7) is 1.39. The Balaban J connectivity index is 1.67. The molecule has 136 valence electrons. The number of furan rings is 1. The minimum atomic E-state index is -0.288. The first-order chi connectivity index (χ1) is 12.7. The van der Waals surface area contributed by atoms with Crippen molar-refractivity contribution in [3.8, 4) is 11.5 Å². The van der Waals surface area contributed by atoms with Crippen LogP contribution in [0.4, 0.5) is 4.39 Å². The van der Waals surface area contributed by atoms with Gasteiger partial charge in [-0.1, -0.05) is 34.1 Å². The number of hydrogen-bond acceptors (Lipinski definition) is 4. The topological polar surface area (TPSA) is 43.6 Å². The summed E-state index contributed by atoms with van der Waals surface area (Å²) in [4.78, 5) is 0. The van der Waals surface area contributed by atoms with E-state index in [1.54, 1.807) is 31.6 Å². The zero-order valence-corrected chi connectivity index (χ0v) is 15.9. The minimum Gasteiger partial charge on any atom is -0.493 e. The molecule has 2 aromatic carbocycles. The number of hydrogen-bond donors (Lipinski definition) is 1. The molecule has 0 spiro atoms. The van der Waals surface area contributed by atoms with Gasteiger partial charge in [0.15, 0.2) is 11.5 Å². The summed E-state index contributed by atoms with van der Waals surface area (Å²) < 4.78 is 31.1. The fourth-order valence-corrected chi connectivity index (χ4v) is 2.95. The molecule has 4 nitrogen and oxygen atoms in total. The van der Waals surface area contributed by atoms with E-state index in [2.05, 4.69) is 21.2 Å². The second-order valence-electron chi connectivity index (χ2n) is 5.66. The summed E-state index contributed by atoms with van der Waals surface area (Å²) in [5, 5.41) is 3.31. The highest BCUT2D eigenvalue weighted by Gasteiger charge is 2.12. The van der Waals surface area contributed by atoms with Gasteiger partial charge in [0.2, 0.25) is 0 Å². The third kappa shape index (κ3) is 4.65. The summed E-state index contributed by atoms with van der Waals surface area (Å²) in [6.07, 6.45) is 1.65. The van der Waals surface area contributed by atoms with E-state index in [0.29, 0.717) is 30.2 Å². The SMILES string of the molecule is COc1cc(CNCc2ccco2)c(Br)cc1OCc1ccccc1F. The van der Waals surface area contributed by atoms with Gasteiger partial charge in [-0.2, -0.15) is 0 Å². The van der Waals surface area contributed by atoms with Crippen LogP contribution in [0.5, 0.6) is 11.5 Å². The van der Waals surface area contributed by atoms with Gasteiger partial charge >= 0.3 is 0 Å². The van der Waals surface area contributed by atoms with Crippen molar-refractivity contribution in [2.45, 2.75) is 19.7 Å². The third-order valence-electron chi connectivity index (χ3n) is 3.87. The molecule has 1 aromatic heterocycles. The Labute approximate surface area is 160 Å². The second-order valence-corrected chi connectivity index (χ2v) is 6.51. The maximum atomic E-state index is 13.7. The molecule has 0 saturated carbocycles. The van der Waals surface area contributed by atoms with Crippen molar-refractivity contribution in [3.63, 3.8) is 0 Å². The lowest BCUT2D eigenvalue weighted by molar-refractivity contribution is 0.279. The molecule has 0 bridgehead atoms. The van der Waals surface area contributed by atoms with Crippen molar-refractivity contribution in [2.75, 3.05) is 7.11 Å². The predicted octanol–water partition coefficient (Wildman–Crippen LogP) is 5.06. The minimum absolute atomic E-state index is 0.131. The second kappa shape index (κ2) is 8.87. The first-order valence-corrected chi connectivity index (χ1v) is 8.92. The molecule has 0 radical (unpaired) electrons. The van der Waals surface area contributed by atoms with Gasteiger partial charge in [-0.15, -0.1) is 0 Å². The Morgan fingerprint density at radius 1 is 1.04 bits per heavy atom. The zero-order chi connectivity index (χ0) is 18.4. The lowest BCUT2D eigenvalue weighted by Gasteiger charge is -2.14. The van der Waals surface area contributed by atoms with Crippen molar-refractivity contribution >= 4 is 15.9 Å². The van der Waals surface area contributed by atoms with E-state index in [-0.39, 0.29) is 12.4 Å². The normalized spacial score (nSPS) is 10.7. The highest BCUT2D eigenvalue weighted by molar-refractivity contribution is 9.10. The molecule has 0 amide bonds. The van der Waals surface area contributed by atoms with Crippen molar-refractivity contribution in [2.24, 2.45) is 0 Å². The number of nitrogens with one attached hydrogen (secondary N) is 1. The van der Waals surface area contributed by atoms with Crippen LogP contribution in [0.1, 0.15) is 16.9 Å². The fourth-order valence-electron chi connectivity index (χ4n) is 2.49. The van der Waals surface area contributed by atoms with E-state index in [9.17, 15) is 4.39 Å². The highest BCUT2D eigenvalue weighted by atomic mass is 79.9. The van der Waals surface area contributed by atoms with Gasteiger partial charge in [-0.3, -0.25) is 0 Å². The van der Waals surface area contributed by atoms with E-state index in [0.717, 1.165) is 15.8 Å². The fraction of sp³-hybridized carbons (Fsp3) is 0.200. The molecule has 0 atom stereocenters. The summed E-state index contributed by atoms with van der Waals surface area (Å²) >= 11 is 3.56. The van der Waals surface area contributed by atoms with E-state index < -0.39 is 0 Å². The van der Waals surface area contributed by atoms with Crippen LogP contribution in [-0.2, 0) is 19.7 Å². The van der Waals surface area contributed by atoms with Gasteiger partial charge in [0.25, 0.3) is 0 Å². The average Bonchev–Trinajstić information content (AvgIpc) is 3.16. The maximum Gasteiger partial charge on any atom is 0.162 e. The van der Waals surface area contributed by atoms with Crippen LogP contribution in [0.3, 0.4) is 0 Å². The van der Waals surface area contributed by atoms with Crippen LogP contribution < -0.4 is 14.8 Å². The molecule has 3 aromatic rings. The average molecular weight is 420 g/mol. The highest BCUT2D eigenvalue weighted by Crippen LogP contribution is 2.34. The van der Waals surface area contributed by atoms with Crippen LogP contribution in [0.15, 0.2) is 63.7 Å². The molecule has 6 heteroatoms. The summed E-state index contributed by atoms with van der Waals surface area (Å²) in [5.74, 6) is 1.74. The summed E-state index contributed by atoms with van der Waals surface area (Å²) in [6, 6.07) is 14.1. The van der Waals surface area contributed by atoms with Crippen molar-refractivity contribution in [1.82, 2.24) is 5.32 Å². The number of ether oxygens (including phenoxy) is 2. The summed E-state index contributed by atoms with van der Waals surface area (Å²) in [7, 11) is 1.58. The van der Waals surface area contributed by atoms with Gasteiger partial charge in [-0.25, -0.2) is 4.39 Å². The molecule has 3 rings (SSSR count). The van der Waals surface area contributed by atoms with Crippen molar-refractivity contribution in [1.29, 1.82) is 0 Å². The smallest absolute Gasteiger partial charge is 0.162 e. The number of rotatable bonds is 8. The predicted molar refractivity (Wildman–Crippen MR) is 101 cm³/mol. The van der Waals surface area contributed by atoms with Gasteiger partial charge in [0, 0.05) is 16.6 Å². The maximum absolute atomic E-state index is 13.7. The van der Waals surface area contributed by atoms with Gasteiger partial charge in [0.05, 0.1) is 19.9 Å². The number of halogens is 2. The lowest BCUT2D eigenvalue weighted by Crippen LogP contribution is -2.13. The first kappa shape index (κ1) is 18.5. The lowest BCUT2D eigenvalue weighted by atomic mass is 10.2. The standard InChI is InChI=1S/C20H19BrFNO3/c1-24-19-9-15(11-23-12-16-6-4-8-25-16)17(21)10-20(19)26-13-14-5-2-3-7-18(14)22/h2-10,23H,11-13H2,1H3. The van der Waals surface area contributed by atoms with Gasteiger partial charge in [0.1, 0.15) is 18.2 Å². The van der Waals surface area contributed by atoms with Crippen LogP contribution in [0.2, 0.25) is 0 Å². The van der Waals surface area contributed by atoms with Gasteiger partial charge in [-0.05, 0) is 35.9 Å². The Morgan fingerprint density at radius 2 is 1.88 bits per heavy atom. The molecule has 0 aliphatic rings. The molecular weight excluding hydrogens is 401 g/mol. The van der Waals surface area contributed by atoms with E-state index in [1.165, 1.54) is 6.07 Å². The van der Waals surface area contributed by atoms with E-state index in [1.807, 2.05) is 24.3 Å². The largest absolute Gasteiger partial charge is 0.493 e. The Bertz CT molecular complexity index is 852. The molecule has 26 heavy (non-hydrogen) atoms. The van der Waals surface area contributed by atoms with E-state index >= 15 is 0 Å². The van der Waals surface area contributed by atoms with Crippen molar-refractivity contribution < 1.29 is 18.3 Å². The molecule has 0 unspecified atom stereocenters. The quantitative estimate of drug-likeness (QED) is 0.554. The van der Waals surface area contributed by atoms with Crippen LogP contribution in [-0.4, -0.2) is 7.11 Å². The Hall–Kier alpha value is -2.31. The number of methoxy groups -OCH3 is 1. The van der Waals surface area contributed by atoms with Gasteiger partial charge < -0.3 is 19.2 Å².